The van der Waals surface area contributed by atoms with E-state index in [1.54, 1.807) is 18.1 Å². The van der Waals surface area contributed by atoms with Crippen LogP contribution >= 0.6 is 0 Å². The highest BCUT2D eigenvalue weighted by Crippen LogP contribution is 2.30. The molecule has 1 fully saturated rings. The van der Waals surface area contributed by atoms with Gasteiger partial charge in [0.25, 0.3) is 5.92 Å². The van der Waals surface area contributed by atoms with Crippen molar-refractivity contribution in [1.82, 2.24) is 15.3 Å². The Morgan fingerprint density at radius 1 is 1.56 bits per heavy atom. The molecule has 0 saturated carbocycles. The Kier molecular flexibility index (Phi) is 3.00. The fraction of sp³-hybridized carbons (Fsp3) is 0.600. The Morgan fingerprint density at radius 3 is 3.00 bits per heavy atom. The highest BCUT2D eigenvalue weighted by molar-refractivity contribution is 5.46. The number of halogens is 2. The Morgan fingerprint density at radius 2 is 2.38 bits per heavy atom. The van der Waals surface area contributed by atoms with Crippen molar-refractivity contribution in [3.63, 3.8) is 0 Å². The lowest BCUT2D eigenvalue weighted by Crippen LogP contribution is -2.27. The molecule has 1 aromatic heterocycles. The second-order valence-corrected chi connectivity index (χ2v) is 3.93. The third kappa shape index (κ3) is 2.27. The number of aromatic nitrogens is 2. The van der Waals surface area contributed by atoms with Crippen molar-refractivity contribution in [1.29, 1.82) is 0 Å². The summed E-state index contributed by atoms with van der Waals surface area (Å²) in [5, 5.41) is 2.97. The smallest absolute Gasteiger partial charge is 0.266 e. The van der Waals surface area contributed by atoms with Gasteiger partial charge in [-0.25, -0.2) is 18.7 Å². The molecule has 16 heavy (non-hydrogen) atoms. The minimum atomic E-state index is -2.60. The van der Waals surface area contributed by atoms with Gasteiger partial charge in [-0.2, -0.15) is 0 Å². The quantitative estimate of drug-likeness (QED) is 0.839. The van der Waals surface area contributed by atoms with Crippen molar-refractivity contribution in [2.45, 2.75) is 18.9 Å². The van der Waals surface area contributed by atoms with Gasteiger partial charge in [0.15, 0.2) is 0 Å². The van der Waals surface area contributed by atoms with Crippen LogP contribution < -0.4 is 10.2 Å². The topological polar surface area (TPSA) is 41.1 Å². The summed E-state index contributed by atoms with van der Waals surface area (Å²) in [5.41, 5.74) is 0.850. The van der Waals surface area contributed by atoms with E-state index in [4.69, 9.17) is 0 Å². The lowest BCUT2D eigenvalue weighted by Gasteiger charge is -2.19. The third-order valence-corrected chi connectivity index (χ3v) is 2.60. The van der Waals surface area contributed by atoms with E-state index in [0.29, 0.717) is 18.9 Å². The SMILES string of the molecule is CNCc1cncnc1N1CCC(F)(F)C1. The Labute approximate surface area is 92.7 Å². The third-order valence-electron chi connectivity index (χ3n) is 2.60. The summed E-state index contributed by atoms with van der Waals surface area (Å²) < 4.78 is 26.2. The second kappa shape index (κ2) is 4.29. The van der Waals surface area contributed by atoms with Gasteiger partial charge in [-0.3, -0.25) is 0 Å². The van der Waals surface area contributed by atoms with Crippen LogP contribution in [0.5, 0.6) is 0 Å². The van der Waals surface area contributed by atoms with E-state index in [2.05, 4.69) is 15.3 Å². The van der Waals surface area contributed by atoms with Crippen LogP contribution in [0.3, 0.4) is 0 Å². The van der Waals surface area contributed by atoms with E-state index in [-0.39, 0.29) is 13.0 Å². The first-order valence-corrected chi connectivity index (χ1v) is 5.19. The average Bonchev–Trinajstić information content (AvgIpc) is 2.60. The summed E-state index contributed by atoms with van der Waals surface area (Å²) in [4.78, 5) is 9.61. The zero-order valence-electron chi connectivity index (χ0n) is 9.08. The van der Waals surface area contributed by atoms with Gasteiger partial charge < -0.3 is 10.2 Å². The molecule has 1 saturated heterocycles. The summed E-state index contributed by atoms with van der Waals surface area (Å²) >= 11 is 0. The lowest BCUT2D eigenvalue weighted by atomic mass is 10.3. The molecule has 2 rings (SSSR count). The standard InChI is InChI=1S/C10H14F2N4/c1-13-4-8-5-14-7-15-9(8)16-3-2-10(11,12)6-16/h5,7,13H,2-4,6H2,1H3. The first kappa shape index (κ1) is 11.2. The summed E-state index contributed by atoms with van der Waals surface area (Å²) in [7, 11) is 1.80. The van der Waals surface area contributed by atoms with Gasteiger partial charge in [0.1, 0.15) is 12.1 Å². The number of hydrogen-bond acceptors (Lipinski definition) is 4. The molecule has 0 aliphatic carbocycles. The fourth-order valence-corrected chi connectivity index (χ4v) is 1.87. The summed E-state index contributed by atoms with van der Waals surface area (Å²) in [6.07, 6.45) is 2.95. The van der Waals surface area contributed by atoms with Crippen molar-refractivity contribution in [3.8, 4) is 0 Å². The molecule has 4 nitrogen and oxygen atoms in total. The highest BCUT2D eigenvalue weighted by atomic mass is 19.3. The maximum absolute atomic E-state index is 13.1. The van der Waals surface area contributed by atoms with Gasteiger partial charge in [0.2, 0.25) is 0 Å². The average molecular weight is 228 g/mol. The molecule has 0 spiro atoms. The molecule has 0 radical (unpaired) electrons. The number of anilines is 1. The Balaban J connectivity index is 2.20. The molecule has 0 aromatic carbocycles. The minimum absolute atomic E-state index is 0.101. The molecule has 0 bridgehead atoms. The predicted octanol–water partition coefficient (Wildman–Crippen LogP) is 1.04. The second-order valence-electron chi connectivity index (χ2n) is 3.93. The van der Waals surface area contributed by atoms with Crippen molar-refractivity contribution in [2.75, 3.05) is 25.0 Å². The van der Waals surface area contributed by atoms with Gasteiger partial charge in [-0.1, -0.05) is 0 Å². The highest BCUT2D eigenvalue weighted by Gasteiger charge is 2.39. The van der Waals surface area contributed by atoms with E-state index >= 15 is 0 Å². The zero-order valence-corrected chi connectivity index (χ0v) is 9.08. The van der Waals surface area contributed by atoms with Crippen LogP contribution in [0, 0.1) is 0 Å². The van der Waals surface area contributed by atoms with Gasteiger partial charge in [-0.15, -0.1) is 0 Å². The van der Waals surface area contributed by atoms with Crippen LogP contribution in [0.2, 0.25) is 0 Å². The van der Waals surface area contributed by atoms with Crippen LogP contribution in [0.4, 0.5) is 14.6 Å². The molecular formula is C10H14F2N4. The van der Waals surface area contributed by atoms with E-state index < -0.39 is 5.92 Å². The summed E-state index contributed by atoms with van der Waals surface area (Å²) in [6, 6.07) is 0. The van der Waals surface area contributed by atoms with Gasteiger partial charge >= 0.3 is 0 Å². The van der Waals surface area contributed by atoms with E-state index in [9.17, 15) is 8.78 Å². The van der Waals surface area contributed by atoms with Crippen LogP contribution in [0.15, 0.2) is 12.5 Å². The van der Waals surface area contributed by atoms with Crippen molar-refractivity contribution in [2.24, 2.45) is 0 Å². The largest absolute Gasteiger partial charge is 0.350 e. The van der Waals surface area contributed by atoms with Crippen LogP contribution in [0.25, 0.3) is 0 Å². The zero-order chi connectivity index (χ0) is 11.6. The minimum Gasteiger partial charge on any atom is -0.350 e. The van der Waals surface area contributed by atoms with Crippen LogP contribution in [-0.4, -0.2) is 36.0 Å². The van der Waals surface area contributed by atoms with Crippen molar-refractivity contribution >= 4 is 5.82 Å². The first-order chi connectivity index (χ1) is 7.62. The number of nitrogens with one attached hydrogen (secondary N) is 1. The molecule has 0 atom stereocenters. The Hall–Kier alpha value is -1.30. The van der Waals surface area contributed by atoms with E-state index in [0.717, 1.165) is 5.56 Å². The molecule has 1 N–H and O–H groups in total. The number of alkyl halides is 2. The van der Waals surface area contributed by atoms with Crippen LogP contribution in [0.1, 0.15) is 12.0 Å². The molecular weight excluding hydrogens is 214 g/mol. The monoisotopic (exact) mass is 228 g/mol. The van der Waals surface area contributed by atoms with E-state index in [1.807, 2.05) is 0 Å². The molecule has 6 heteroatoms. The molecule has 1 aliphatic heterocycles. The van der Waals surface area contributed by atoms with Crippen LogP contribution in [-0.2, 0) is 6.54 Å². The fourth-order valence-electron chi connectivity index (χ4n) is 1.87. The normalized spacial score (nSPS) is 19.1. The van der Waals surface area contributed by atoms with Gasteiger partial charge in [0, 0.05) is 31.3 Å². The predicted molar refractivity (Wildman–Crippen MR) is 56.6 cm³/mol. The molecule has 1 aliphatic rings. The maximum Gasteiger partial charge on any atom is 0.266 e. The molecule has 2 heterocycles. The van der Waals surface area contributed by atoms with Gasteiger partial charge in [-0.05, 0) is 7.05 Å². The van der Waals surface area contributed by atoms with Crippen molar-refractivity contribution in [3.05, 3.63) is 18.1 Å². The number of rotatable bonds is 3. The molecule has 0 unspecified atom stereocenters. The summed E-state index contributed by atoms with van der Waals surface area (Å²) in [6.45, 7) is 0.680. The molecule has 0 amide bonds. The Bertz CT molecular complexity index is 370. The number of hydrogen-bond donors (Lipinski definition) is 1. The van der Waals surface area contributed by atoms with Crippen molar-refractivity contribution < 1.29 is 8.78 Å². The first-order valence-electron chi connectivity index (χ1n) is 5.19. The maximum atomic E-state index is 13.1. The van der Waals surface area contributed by atoms with Gasteiger partial charge in [0.05, 0.1) is 6.54 Å². The molecule has 1 aromatic rings. The number of nitrogens with zero attached hydrogens (tertiary/aromatic N) is 3. The molecule has 88 valence electrons. The lowest BCUT2D eigenvalue weighted by molar-refractivity contribution is 0.0256. The van der Waals surface area contributed by atoms with E-state index in [1.165, 1.54) is 6.33 Å². The summed E-state index contributed by atoms with van der Waals surface area (Å²) in [5.74, 6) is -1.98.